The largest absolute Gasteiger partial charge is 0.342 e. The molecule has 0 radical (unpaired) electrons. The molecule has 1 atom stereocenters. The van der Waals surface area contributed by atoms with Crippen LogP contribution in [0.4, 0.5) is 0 Å². The Labute approximate surface area is 165 Å². The number of rotatable bonds is 4. The van der Waals surface area contributed by atoms with Gasteiger partial charge in [0.1, 0.15) is 0 Å². The number of hydrogen-bond acceptors (Lipinski definition) is 3. The van der Waals surface area contributed by atoms with Crippen molar-refractivity contribution >= 4 is 11.8 Å². The first-order valence-corrected chi connectivity index (χ1v) is 11.0. The molecule has 2 amide bonds. The van der Waals surface area contributed by atoms with E-state index in [0.29, 0.717) is 30.2 Å². The average molecular weight is 378 g/mol. The quantitative estimate of drug-likeness (QED) is 0.756. The molecule has 0 aliphatic carbocycles. The maximum Gasteiger partial charge on any atom is 0.224 e. The zero-order chi connectivity index (χ0) is 19.5. The summed E-state index contributed by atoms with van der Waals surface area (Å²) in [5, 5.41) is 0. The minimum absolute atomic E-state index is 0.239. The van der Waals surface area contributed by atoms with Crippen LogP contribution in [0.5, 0.6) is 0 Å². The van der Waals surface area contributed by atoms with E-state index in [0.717, 1.165) is 58.4 Å². The normalized spacial score (nSPS) is 28.0. The van der Waals surface area contributed by atoms with E-state index in [2.05, 4.69) is 30.6 Å². The first kappa shape index (κ1) is 20.6. The van der Waals surface area contributed by atoms with Gasteiger partial charge in [-0.1, -0.05) is 27.2 Å². The summed E-state index contributed by atoms with van der Waals surface area (Å²) in [6.45, 7) is 13.7. The standard InChI is InChI=1S/C22H39N3O2/c1-21(2,3)16-23-12-7-10-22(17-23)11-15-25(18-22)20(27)9-14-24-13-6-4-5-8-19(24)26/h4-18H2,1-3H3. The fraction of sp³-hybridized carbons (Fsp3) is 0.909. The molecule has 3 fully saturated rings. The Morgan fingerprint density at radius 1 is 1.00 bits per heavy atom. The lowest BCUT2D eigenvalue weighted by molar-refractivity contribution is -0.134. The topological polar surface area (TPSA) is 43.9 Å². The Hall–Kier alpha value is -1.10. The molecule has 0 aromatic rings. The highest BCUT2D eigenvalue weighted by Gasteiger charge is 2.43. The average Bonchev–Trinajstić information content (AvgIpc) is 2.86. The Bertz CT molecular complexity index is 542. The summed E-state index contributed by atoms with van der Waals surface area (Å²) in [6, 6.07) is 0. The van der Waals surface area contributed by atoms with Crippen molar-refractivity contribution in [3.8, 4) is 0 Å². The lowest BCUT2D eigenvalue weighted by atomic mass is 9.78. The molecule has 3 saturated heterocycles. The van der Waals surface area contributed by atoms with Crippen molar-refractivity contribution in [1.82, 2.24) is 14.7 Å². The highest BCUT2D eigenvalue weighted by atomic mass is 16.2. The fourth-order valence-corrected chi connectivity index (χ4v) is 5.26. The van der Waals surface area contributed by atoms with Gasteiger partial charge < -0.3 is 14.7 Å². The summed E-state index contributed by atoms with van der Waals surface area (Å²) in [5.74, 6) is 0.486. The van der Waals surface area contributed by atoms with Gasteiger partial charge in [0.25, 0.3) is 0 Å². The number of nitrogens with zero attached hydrogens (tertiary/aromatic N) is 3. The zero-order valence-corrected chi connectivity index (χ0v) is 17.8. The van der Waals surface area contributed by atoms with Crippen molar-refractivity contribution in [1.29, 1.82) is 0 Å². The molecule has 27 heavy (non-hydrogen) atoms. The van der Waals surface area contributed by atoms with Gasteiger partial charge in [-0.2, -0.15) is 0 Å². The van der Waals surface area contributed by atoms with Crippen molar-refractivity contribution < 1.29 is 9.59 Å². The monoisotopic (exact) mass is 377 g/mol. The maximum absolute atomic E-state index is 12.8. The minimum Gasteiger partial charge on any atom is -0.342 e. The van der Waals surface area contributed by atoms with Crippen molar-refractivity contribution in [2.75, 3.05) is 45.8 Å². The van der Waals surface area contributed by atoms with Crippen LogP contribution in [0.2, 0.25) is 0 Å². The smallest absolute Gasteiger partial charge is 0.224 e. The van der Waals surface area contributed by atoms with Crippen molar-refractivity contribution in [3.05, 3.63) is 0 Å². The van der Waals surface area contributed by atoms with Crippen molar-refractivity contribution in [2.45, 2.75) is 72.1 Å². The van der Waals surface area contributed by atoms with Gasteiger partial charge in [0.2, 0.25) is 11.8 Å². The number of likely N-dealkylation sites (tertiary alicyclic amines) is 3. The molecule has 3 rings (SSSR count). The van der Waals surface area contributed by atoms with E-state index < -0.39 is 0 Å². The summed E-state index contributed by atoms with van der Waals surface area (Å²) in [4.78, 5) is 31.6. The lowest BCUT2D eigenvalue weighted by Crippen LogP contribution is -2.47. The second-order valence-electron chi connectivity index (χ2n) is 10.4. The van der Waals surface area contributed by atoms with Gasteiger partial charge in [-0.25, -0.2) is 0 Å². The Balaban J connectivity index is 1.49. The molecule has 1 unspecified atom stereocenters. The maximum atomic E-state index is 12.8. The Morgan fingerprint density at radius 3 is 2.59 bits per heavy atom. The van der Waals surface area contributed by atoms with E-state index in [1.807, 2.05) is 4.90 Å². The SMILES string of the molecule is CC(C)(C)CN1CCCC2(CCN(C(=O)CCN3CCCCCC3=O)C2)C1. The Kier molecular flexibility index (Phi) is 6.50. The van der Waals surface area contributed by atoms with Crippen LogP contribution in [0.15, 0.2) is 0 Å². The molecule has 0 aromatic heterocycles. The number of carbonyl (C=O) groups is 2. The highest BCUT2D eigenvalue weighted by Crippen LogP contribution is 2.39. The van der Waals surface area contributed by atoms with Gasteiger partial charge in [0.15, 0.2) is 0 Å². The van der Waals surface area contributed by atoms with Crippen LogP contribution in [-0.4, -0.2) is 72.3 Å². The van der Waals surface area contributed by atoms with Gasteiger partial charge in [-0.05, 0) is 44.1 Å². The third-order valence-electron chi connectivity index (χ3n) is 6.50. The summed E-state index contributed by atoms with van der Waals surface area (Å²) < 4.78 is 0. The van der Waals surface area contributed by atoms with E-state index in [1.54, 1.807) is 0 Å². The van der Waals surface area contributed by atoms with E-state index in [9.17, 15) is 9.59 Å². The molecule has 0 bridgehead atoms. The zero-order valence-electron chi connectivity index (χ0n) is 17.8. The molecular weight excluding hydrogens is 338 g/mol. The molecule has 0 saturated carbocycles. The summed E-state index contributed by atoms with van der Waals surface area (Å²) in [5.41, 5.74) is 0.629. The summed E-state index contributed by atoms with van der Waals surface area (Å²) >= 11 is 0. The van der Waals surface area contributed by atoms with Crippen LogP contribution < -0.4 is 0 Å². The van der Waals surface area contributed by atoms with Gasteiger partial charge >= 0.3 is 0 Å². The third kappa shape index (κ3) is 5.69. The number of amides is 2. The molecule has 154 valence electrons. The van der Waals surface area contributed by atoms with Crippen molar-refractivity contribution in [3.63, 3.8) is 0 Å². The van der Waals surface area contributed by atoms with Gasteiger partial charge in [-0.3, -0.25) is 9.59 Å². The van der Waals surface area contributed by atoms with Crippen molar-refractivity contribution in [2.24, 2.45) is 10.8 Å². The van der Waals surface area contributed by atoms with Crippen LogP contribution >= 0.6 is 0 Å². The van der Waals surface area contributed by atoms with E-state index in [-0.39, 0.29) is 11.8 Å². The minimum atomic E-state index is 0.239. The van der Waals surface area contributed by atoms with E-state index >= 15 is 0 Å². The van der Waals surface area contributed by atoms with Crippen LogP contribution in [-0.2, 0) is 9.59 Å². The molecule has 0 aromatic carbocycles. The van der Waals surface area contributed by atoms with Crippen LogP contribution in [0.3, 0.4) is 0 Å². The first-order chi connectivity index (χ1) is 12.8. The Morgan fingerprint density at radius 2 is 1.81 bits per heavy atom. The molecule has 3 heterocycles. The fourth-order valence-electron chi connectivity index (χ4n) is 5.26. The predicted octanol–water partition coefficient (Wildman–Crippen LogP) is 3.14. The third-order valence-corrected chi connectivity index (χ3v) is 6.50. The van der Waals surface area contributed by atoms with Crippen LogP contribution in [0.1, 0.15) is 72.1 Å². The van der Waals surface area contributed by atoms with Gasteiger partial charge in [0.05, 0.1) is 0 Å². The first-order valence-electron chi connectivity index (χ1n) is 11.0. The number of carbonyl (C=O) groups excluding carboxylic acids is 2. The predicted molar refractivity (Wildman–Crippen MR) is 108 cm³/mol. The lowest BCUT2D eigenvalue weighted by Gasteiger charge is -2.42. The highest BCUT2D eigenvalue weighted by molar-refractivity contribution is 5.79. The van der Waals surface area contributed by atoms with Crippen LogP contribution in [0.25, 0.3) is 0 Å². The molecule has 1 spiro atoms. The van der Waals surface area contributed by atoms with E-state index in [4.69, 9.17) is 0 Å². The summed E-state index contributed by atoms with van der Waals surface area (Å²) in [7, 11) is 0. The molecule has 0 N–H and O–H groups in total. The van der Waals surface area contributed by atoms with E-state index in [1.165, 1.54) is 19.4 Å². The molecule has 3 aliphatic rings. The molecular formula is C22H39N3O2. The van der Waals surface area contributed by atoms with Gasteiger partial charge in [-0.15, -0.1) is 0 Å². The second-order valence-corrected chi connectivity index (χ2v) is 10.4. The summed E-state index contributed by atoms with van der Waals surface area (Å²) in [6.07, 6.45) is 8.01. The number of hydrogen-bond donors (Lipinski definition) is 0. The van der Waals surface area contributed by atoms with Crippen LogP contribution in [0, 0.1) is 10.8 Å². The second kappa shape index (κ2) is 8.50. The molecule has 5 heteroatoms. The van der Waals surface area contributed by atoms with Gasteiger partial charge in [0, 0.05) is 57.5 Å². The molecule has 3 aliphatic heterocycles. The number of piperidine rings is 1. The molecule has 5 nitrogen and oxygen atoms in total.